The van der Waals surface area contributed by atoms with Crippen LogP contribution in [-0.4, -0.2) is 96.6 Å². The highest BCUT2D eigenvalue weighted by molar-refractivity contribution is 5.96. The average molecular weight is 913 g/mol. The molecule has 2 fully saturated rings. The molecule has 4 N–H and O–H groups in total. The lowest BCUT2D eigenvalue weighted by molar-refractivity contribution is -0.118. The van der Waals surface area contributed by atoms with Gasteiger partial charge in [0.2, 0.25) is 5.91 Å². The van der Waals surface area contributed by atoms with Crippen LogP contribution < -0.4 is 25.8 Å². The number of carbonyl (C=O) groups is 1. The zero-order chi connectivity index (χ0) is 45.2. The quantitative estimate of drug-likeness (QED) is 0.0936. The Hall–Kier alpha value is -7.65. The Kier molecular flexibility index (Phi) is 16.1. The topological polar surface area (TPSA) is 192 Å². The van der Waals surface area contributed by atoms with Gasteiger partial charge in [0.05, 0.1) is 67.4 Å². The van der Waals surface area contributed by atoms with Crippen molar-refractivity contribution >= 4 is 39.3 Å². The van der Waals surface area contributed by atoms with Gasteiger partial charge in [-0.15, -0.1) is 0 Å². The fourth-order valence-electron chi connectivity index (χ4n) is 8.69. The Morgan fingerprint density at radius 3 is 1.60 bits per heavy atom. The predicted octanol–water partition coefficient (Wildman–Crippen LogP) is 8.97. The highest BCUT2D eigenvalue weighted by Crippen LogP contribution is 2.35. The number of hydrogen-bond acceptors (Lipinski definition) is 14. The molecule has 15 nitrogen and oxygen atoms in total. The highest BCUT2D eigenvalue weighted by atomic mass is 16.5. The summed E-state index contributed by atoms with van der Waals surface area (Å²) in [6.45, 7) is 1.75. The molecule has 7 heterocycles. The molecule has 2 aliphatic rings. The lowest BCUT2D eigenvalue weighted by Gasteiger charge is -2.18. The zero-order valence-corrected chi connectivity index (χ0v) is 37.1. The van der Waals surface area contributed by atoms with Gasteiger partial charge in [0.1, 0.15) is 23.1 Å². The van der Waals surface area contributed by atoms with Crippen LogP contribution >= 0.6 is 0 Å². The van der Waals surface area contributed by atoms with Crippen LogP contribution in [0.25, 0.3) is 44.6 Å². The number of fused-ring (bicyclic) bond motifs is 2. The second-order valence-corrected chi connectivity index (χ2v) is 16.6. The zero-order valence-electron chi connectivity index (χ0n) is 37.1. The largest absolute Gasteiger partial charge is 0.494 e. The maximum absolute atomic E-state index is 11.3. The number of methoxy groups -OCH3 is 2. The summed E-state index contributed by atoms with van der Waals surface area (Å²) in [6, 6.07) is 29.1. The summed E-state index contributed by atoms with van der Waals surface area (Å²) in [7, 11) is 3.26. The normalized spacial score (nSPS) is 14.6. The molecular formula is C53H60N12O3. The third-order valence-electron chi connectivity index (χ3n) is 11.9. The number of carbonyl (C=O) groups excluding carboxylic acids is 1. The van der Waals surface area contributed by atoms with Crippen LogP contribution in [0.15, 0.2) is 122 Å². The van der Waals surface area contributed by atoms with E-state index in [1.165, 1.54) is 24.0 Å². The second-order valence-electron chi connectivity index (χ2n) is 16.6. The van der Waals surface area contributed by atoms with E-state index in [0.717, 1.165) is 83.3 Å². The van der Waals surface area contributed by atoms with Crippen molar-refractivity contribution in [2.75, 3.05) is 44.5 Å². The standard InChI is InChI=1S/C26H27N7O2.C25H25N5O.2CH4/c1-35-22-14-28-13-21-24(22)26(30-19-8-10-33(15-19)16-23(27)34)32-25(31-21)18-7-9-29-20(12-18)11-17-5-3-2-4-6-17;1-31-22-16-26-15-21-23(22)25(28-19-9-5-6-10-19)30-24(29-21)18-11-12-27-20(14-18)13-17-7-3-2-4-8-17;;/h2-7,9,12-14,19H,8,10-11,15-16H2,1H3,(H2,27,34)(H,30,31,32);2-4,7-8,11-12,14-16,19H,5-6,9-10,13H2,1H3,(H,28,29,30);2*1H4. The Balaban J connectivity index is 0.000000197. The first kappa shape index (κ1) is 48.3. The van der Waals surface area contributed by atoms with Gasteiger partial charge in [-0.25, -0.2) is 19.9 Å². The molecule has 350 valence electrons. The molecule has 1 atom stereocenters. The smallest absolute Gasteiger partial charge is 0.231 e. The Morgan fingerprint density at radius 2 is 1.13 bits per heavy atom. The molecule has 6 aromatic heterocycles. The Morgan fingerprint density at radius 1 is 0.647 bits per heavy atom. The number of nitrogens with one attached hydrogen (secondary N) is 2. The summed E-state index contributed by atoms with van der Waals surface area (Å²) in [6.07, 6.45) is 17.7. The third kappa shape index (κ3) is 11.6. The molecule has 0 spiro atoms. The lowest BCUT2D eigenvalue weighted by atomic mass is 10.1. The molecular weight excluding hydrogens is 853 g/mol. The van der Waals surface area contributed by atoms with Gasteiger partial charge in [-0.05, 0) is 54.7 Å². The Bertz CT molecular complexity index is 2930. The summed E-state index contributed by atoms with van der Waals surface area (Å²) in [5.74, 6) is 3.70. The van der Waals surface area contributed by atoms with Crippen LogP contribution in [0.4, 0.5) is 11.6 Å². The van der Waals surface area contributed by atoms with Crippen LogP contribution in [0.3, 0.4) is 0 Å². The highest BCUT2D eigenvalue weighted by Gasteiger charge is 2.26. The summed E-state index contributed by atoms with van der Waals surface area (Å²) in [4.78, 5) is 50.5. The molecule has 1 saturated carbocycles. The minimum Gasteiger partial charge on any atom is -0.494 e. The van der Waals surface area contributed by atoms with E-state index in [-0.39, 0.29) is 33.3 Å². The molecule has 1 aliphatic heterocycles. The van der Waals surface area contributed by atoms with Crippen molar-refractivity contribution < 1.29 is 14.3 Å². The van der Waals surface area contributed by atoms with Gasteiger partial charge < -0.3 is 25.8 Å². The van der Waals surface area contributed by atoms with E-state index in [4.69, 9.17) is 35.1 Å². The molecule has 8 aromatic rings. The van der Waals surface area contributed by atoms with Crippen molar-refractivity contribution in [3.8, 4) is 34.3 Å². The minimum absolute atomic E-state index is 0. The molecule has 15 heteroatoms. The summed E-state index contributed by atoms with van der Waals surface area (Å²) in [5.41, 5.74) is 13.0. The molecule has 1 saturated heterocycles. The SMILES string of the molecule is C.C.COc1cncc2nc(-c3ccnc(Cc4ccccc4)c3)nc(NC3CCCC3)c12.COc1cncc2nc(-c3ccnc(Cc4ccccc4)c3)nc(NC3CCN(CC(N)=O)C3)c12. The second kappa shape index (κ2) is 22.7. The summed E-state index contributed by atoms with van der Waals surface area (Å²) in [5, 5.41) is 8.86. The lowest BCUT2D eigenvalue weighted by Crippen LogP contribution is -2.34. The molecule has 68 heavy (non-hydrogen) atoms. The molecule has 2 aromatic carbocycles. The van der Waals surface area contributed by atoms with E-state index >= 15 is 0 Å². The molecule has 10 rings (SSSR count). The molecule has 0 radical (unpaired) electrons. The molecule has 1 amide bonds. The number of primary amides is 1. The van der Waals surface area contributed by atoms with Gasteiger partial charge in [0.15, 0.2) is 11.6 Å². The fraction of sp³-hybridized carbons (Fsp3) is 0.302. The number of hydrogen-bond donors (Lipinski definition) is 3. The third-order valence-corrected chi connectivity index (χ3v) is 11.9. The number of pyridine rings is 4. The van der Waals surface area contributed by atoms with Gasteiger partial charge in [-0.1, -0.05) is 88.4 Å². The predicted molar refractivity (Wildman–Crippen MR) is 270 cm³/mol. The monoisotopic (exact) mass is 912 g/mol. The van der Waals surface area contributed by atoms with Crippen molar-refractivity contribution in [3.63, 3.8) is 0 Å². The van der Waals surface area contributed by atoms with E-state index in [9.17, 15) is 4.79 Å². The van der Waals surface area contributed by atoms with Crippen LogP contribution in [0.2, 0.25) is 0 Å². The van der Waals surface area contributed by atoms with E-state index < -0.39 is 0 Å². The molecule has 1 aliphatic carbocycles. The number of ether oxygens (including phenoxy) is 2. The number of nitrogens with two attached hydrogens (primary N) is 1. The number of nitrogens with zero attached hydrogens (tertiary/aromatic N) is 9. The van der Waals surface area contributed by atoms with Crippen LogP contribution in [0, 0.1) is 0 Å². The maximum Gasteiger partial charge on any atom is 0.231 e. The van der Waals surface area contributed by atoms with Crippen molar-refractivity contribution in [2.24, 2.45) is 5.73 Å². The first-order chi connectivity index (χ1) is 32.4. The van der Waals surface area contributed by atoms with E-state index in [2.05, 4.69) is 60.9 Å². The Labute approximate surface area is 398 Å². The van der Waals surface area contributed by atoms with Gasteiger partial charge in [-0.2, -0.15) is 0 Å². The number of amides is 1. The number of anilines is 2. The average Bonchev–Trinajstić information content (AvgIpc) is 4.03. The molecule has 1 unspecified atom stereocenters. The first-order valence-electron chi connectivity index (χ1n) is 22.3. The first-order valence-corrected chi connectivity index (χ1v) is 22.3. The van der Waals surface area contributed by atoms with E-state index in [0.29, 0.717) is 47.1 Å². The van der Waals surface area contributed by atoms with Gasteiger partial charge in [-0.3, -0.25) is 29.6 Å². The number of benzene rings is 2. The van der Waals surface area contributed by atoms with Crippen LogP contribution in [0.1, 0.15) is 69.5 Å². The minimum atomic E-state index is -0.322. The number of rotatable bonds is 14. The van der Waals surface area contributed by atoms with E-state index in [1.54, 1.807) is 45.2 Å². The van der Waals surface area contributed by atoms with Crippen molar-refractivity contribution in [2.45, 2.75) is 71.9 Å². The van der Waals surface area contributed by atoms with Crippen molar-refractivity contribution in [1.29, 1.82) is 0 Å². The van der Waals surface area contributed by atoms with E-state index in [1.807, 2.05) is 65.7 Å². The number of likely N-dealkylation sites (tertiary alicyclic amines) is 1. The molecule has 0 bridgehead atoms. The maximum atomic E-state index is 11.3. The summed E-state index contributed by atoms with van der Waals surface area (Å²) >= 11 is 0. The fourth-order valence-corrected chi connectivity index (χ4v) is 8.69. The van der Waals surface area contributed by atoms with Gasteiger partial charge in [0.25, 0.3) is 0 Å². The van der Waals surface area contributed by atoms with Gasteiger partial charge in [0, 0.05) is 72.9 Å². The van der Waals surface area contributed by atoms with Crippen LogP contribution in [-0.2, 0) is 17.6 Å². The van der Waals surface area contributed by atoms with Crippen molar-refractivity contribution in [3.05, 3.63) is 145 Å². The van der Waals surface area contributed by atoms with Crippen LogP contribution in [0.5, 0.6) is 11.5 Å². The van der Waals surface area contributed by atoms with Gasteiger partial charge >= 0.3 is 0 Å². The summed E-state index contributed by atoms with van der Waals surface area (Å²) < 4.78 is 11.1. The number of aromatic nitrogens is 8. The van der Waals surface area contributed by atoms with Crippen molar-refractivity contribution in [1.82, 2.24) is 44.8 Å².